The number of hydrogen-bond donors (Lipinski definition) is 0. The van der Waals surface area contributed by atoms with Crippen molar-refractivity contribution in [2.45, 2.75) is 13.8 Å². The Morgan fingerprint density at radius 3 is 1.89 bits per heavy atom. The molecule has 6 aromatic rings. The van der Waals surface area contributed by atoms with Gasteiger partial charge in [-0.3, -0.25) is 0 Å². The van der Waals surface area contributed by atoms with E-state index in [1.165, 1.54) is 54.4 Å². The Bertz CT molecular complexity index is 1500. The topological polar surface area (TPSA) is 0 Å². The molecule has 0 bridgehead atoms. The summed E-state index contributed by atoms with van der Waals surface area (Å²) in [5, 5.41) is 8.36. The van der Waals surface area contributed by atoms with Gasteiger partial charge in [0.15, 0.2) is 0 Å². The van der Waals surface area contributed by atoms with Gasteiger partial charge in [-0.2, -0.15) is 6.07 Å². The first-order chi connectivity index (χ1) is 16.2. The largest absolute Gasteiger partial charge is 4.00 e. The second kappa shape index (κ2) is 13.5. The van der Waals surface area contributed by atoms with E-state index < -0.39 is 0 Å². The number of aryl methyl sites for hydroxylation is 2. The van der Waals surface area contributed by atoms with Crippen molar-refractivity contribution in [2.24, 2.45) is 0 Å². The zero-order chi connectivity index (χ0) is 22.6. The minimum Gasteiger partial charge on any atom is -1.00 e. The van der Waals surface area contributed by atoms with E-state index in [-0.39, 0.29) is 35.6 Å². The van der Waals surface area contributed by atoms with Gasteiger partial charge in [0.2, 0.25) is 0 Å². The average molecular weight is 572 g/mol. The Labute approximate surface area is 232 Å². The molecular formula is C32H27F2PZr. The van der Waals surface area contributed by atoms with Gasteiger partial charge in [0.1, 0.15) is 0 Å². The van der Waals surface area contributed by atoms with Crippen LogP contribution in [0.3, 0.4) is 0 Å². The fourth-order valence-electron chi connectivity index (χ4n) is 4.45. The van der Waals surface area contributed by atoms with Crippen molar-refractivity contribution in [3.8, 4) is 11.1 Å². The zero-order valence-electron chi connectivity index (χ0n) is 20.3. The molecule has 0 aliphatic carbocycles. The van der Waals surface area contributed by atoms with Gasteiger partial charge in [0.25, 0.3) is 0 Å². The summed E-state index contributed by atoms with van der Waals surface area (Å²) in [7, 11) is 0.754. The molecule has 1 atom stereocenters. The number of benzene rings is 4. The Kier molecular flexibility index (Phi) is 11.1. The average Bonchev–Trinajstić information content (AvgIpc) is 3.39. The molecule has 0 aromatic heterocycles. The van der Waals surface area contributed by atoms with Crippen LogP contribution >= 0.6 is 8.58 Å². The molecule has 0 N–H and O–H groups in total. The van der Waals surface area contributed by atoms with Gasteiger partial charge in [-0.1, -0.05) is 92.2 Å². The van der Waals surface area contributed by atoms with Crippen molar-refractivity contribution in [1.82, 2.24) is 0 Å². The van der Waals surface area contributed by atoms with E-state index in [9.17, 15) is 0 Å². The fraction of sp³-hybridized carbons (Fsp3) is 0.0625. The molecule has 0 amide bonds. The van der Waals surface area contributed by atoms with E-state index in [1.54, 1.807) is 0 Å². The molecule has 0 aliphatic rings. The molecule has 0 nitrogen and oxygen atoms in total. The van der Waals surface area contributed by atoms with Crippen molar-refractivity contribution < 1.29 is 35.6 Å². The Morgan fingerprint density at radius 2 is 1.17 bits per heavy atom. The summed E-state index contributed by atoms with van der Waals surface area (Å²) in [6.07, 6.45) is 0. The van der Waals surface area contributed by atoms with E-state index in [1.807, 2.05) is 0 Å². The summed E-state index contributed by atoms with van der Waals surface area (Å²) in [4.78, 5) is 0. The maximum absolute atomic E-state index is 2.29. The van der Waals surface area contributed by atoms with Gasteiger partial charge < -0.3 is 9.41 Å². The predicted molar refractivity (Wildman–Crippen MR) is 148 cm³/mol. The normalized spacial score (nSPS) is 10.3. The van der Waals surface area contributed by atoms with Crippen LogP contribution in [0.15, 0.2) is 121 Å². The number of hydrogen-bond acceptors (Lipinski definition) is 0. The van der Waals surface area contributed by atoms with Crippen LogP contribution in [-0.2, 0) is 26.2 Å². The van der Waals surface area contributed by atoms with E-state index in [0.717, 1.165) is 8.58 Å². The Balaban J connectivity index is 0.000000234. The second-order valence-corrected chi connectivity index (χ2v) is 9.82. The maximum Gasteiger partial charge on any atom is 4.00 e. The first kappa shape index (κ1) is 29.5. The van der Waals surface area contributed by atoms with Crippen molar-refractivity contribution in [3.63, 3.8) is 0 Å². The SMILES string of the molecule is Cc1[cH-]c2ccccc2c1Pc1ccccc1.Cc1cc2c(-c3ccccc3)cccc2[cH-]1.[F-].[F-].[Zr+4]. The van der Waals surface area contributed by atoms with Crippen LogP contribution in [0.1, 0.15) is 11.1 Å². The number of fused-ring (bicyclic) bond motifs is 2. The molecule has 0 aliphatic heterocycles. The minimum atomic E-state index is 0. The Morgan fingerprint density at radius 1 is 0.583 bits per heavy atom. The van der Waals surface area contributed by atoms with Crippen LogP contribution in [0.25, 0.3) is 32.7 Å². The van der Waals surface area contributed by atoms with Crippen molar-refractivity contribution in [1.29, 1.82) is 0 Å². The van der Waals surface area contributed by atoms with Crippen molar-refractivity contribution >= 4 is 40.7 Å². The standard InChI is InChI=1S/C16H14P.C16H13.2FH.Zr/c1-12-11-13-7-5-6-10-15(13)16(12)17-14-8-3-2-4-9-14;1-12-10-14-8-5-9-15(16(14)11-12)13-6-3-2-4-7-13;;;/h2-11,17H,1H3;2-11H,1H3;2*1H;/q2*-1;;;+4/p-2. The molecule has 1 unspecified atom stereocenters. The van der Waals surface area contributed by atoms with Gasteiger partial charge in [-0.05, 0) is 10.9 Å². The molecule has 0 saturated carbocycles. The molecule has 0 heterocycles. The molecular weight excluding hydrogens is 545 g/mol. The first-order valence-corrected chi connectivity index (χ1v) is 12.4. The second-order valence-electron chi connectivity index (χ2n) is 8.49. The number of rotatable bonds is 3. The molecule has 0 fully saturated rings. The van der Waals surface area contributed by atoms with Crippen LogP contribution < -0.4 is 20.0 Å². The molecule has 178 valence electrons. The molecule has 36 heavy (non-hydrogen) atoms. The molecule has 6 rings (SSSR count). The Hall–Kier alpha value is -2.73. The predicted octanol–water partition coefficient (Wildman–Crippen LogP) is 2.04. The monoisotopic (exact) mass is 570 g/mol. The zero-order valence-corrected chi connectivity index (χ0v) is 23.8. The first-order valence-electron chi connectivity index (χ1n) is 11.4. The summed E-state index contributed by atoms with van der Waals surface area (Å²) in [6, 6.07) is 43.2. The van der Waals surface area contributed by atoms with Crippen LogP contribution in [0.5, 0.6) is 0 Å². The third-order valence-corrected chi connectivity index (χ3v) is 7.56. The summed E-state index contributed by atoms with van der Waals surface area (Å²) in [5.74, 6) is 0. The van der Waals surface area contributed by atoms with Gasteiger partial charge in [-0.25, -0.2) is 0 Å². The van der Waals surface area contributed by atoms with Crippen molar-refractivity contribution in [3.05, 3.63) is 132 Å². The van der Waals surface area contributed by atoms with Crippen LogP contribution in [0.4, 0.5) is 0 Å². The van der Waals surface area contributed by atoms with Gasteiger partial charge in [0.05, 0.1) is 0 Å². The molecule has 4 heteroatoms. The summed E-state index contributed by atoms with van der Waals surface area (Å²) in [5.41, 5.74) is 5.36. The quantitative estimate of drug-likeness (QED) is 0.225. The van der Waals surface area contributed by atoms with Crippen LogP contribution in [-0.4, -0.2) is 0 Å². The van der Waals surface area contributed by atoms with E-state index >= 15 is 0 Å². The molecule has 0 spiro atoms. The minimum absolute atomic E-state index is 0. The van der Waals surface area contributed by atoms with E-state index in [0.29, 0.717) is 0 Å². The summed E-state index contributed by atoms with van der Waals surface area (Å²) >= 11 is 0. The fourth-order valence-corrected chi connectivity index (χ4v) is 5.73. The van der Waals surface area contributed by atoms with Gasteiger partial charge in [-0.15, -0.1) is 89.0 Å². The van der Waals surface area contributed by atoms with Gasteiger partial charge >= 0.3 is 26.2 Å². The molecule has 0 saturated heterocycles. The van der Waals surface area contributed by atoms with Crippen LogP contribution in [0.2, 0.25) is 0 Å². The third kappa shape index (κ3) is 6.53. The maximum atomic E-state index is 2.29. The van der Waals surface area contributed by atoms with Gasteiger partial charge in [0, 0.05) is 0 Å². The summed E-state index contributed by atoms with van der Waals surface area (Å²) in [6.45, 7) is 4.36. The van der Waals surface area contributed by atoms with Crippen molar-refractivity contribution in [2.75, 3.05) is 0 Å². The molecule has 6 aromatic carbocycles. The van der Waals surface area contributed by atoms with E-state index in [2.05, 4.69) is 135 Å². The number of halogens is 2. The molecule has 0 radical (unpaired) electrons. The van der Waals surface area contributed by atoms with E-state index in [4.69, 9.17) is 0 Å². The third-order valence-electron chi connectivity index (χ3n) is 6.02. The van der Waals surface area contributed by atoms with Crippen LogP contribution in [0, 0.1) is 13.8 Å². The summed E-state index contributed by atoms with van der Waals surface area (Å²) < 4.78 is 0. The smallest absolute Gasteiger partial charge is 1.00 e.